The van der Waals surface area contributed by atoms with Crippen molar-refractivity contribution in [3.8, 4) is 0 Å². The zero-order valence-corrected chi connectivity index (χ0v) is 15.6. The zero-order chi connectivity index (χ0) is 19.7. The van der Waals surface area contributed by atoms with Gasteiger partial charge in [-0.3, -0.25) is 4.79 Å². The quantitative estimate of drug-likeness (QED) is 0.799. The standard InChI is InChI=1S/C21H24N4O3/c22-17-6-4-5-16(13-17)14-24-15-25(18-7-2-1-3-8-18)21(19(24)26)9-11-23(12-10-21)20(27)28/h1-8,13H,9-12,14-15,22H2,(H,27,28). The molecule has 0 atom stereocenters. The van der Waals surface area contributed by atoms with Gasteiger partial charge in [-0.15, -0.1) is 0 Å². The van der Waals surface area contributed by atoms with Gasteiger partial charge in [0.2, 0.25) is 5.91 Å². The molecular formula is C21H24N4O3. The van der Waals surface area contributed by atoms with E-state index < -0.39 is 11.6 Å². The molecule has 0 saturated carbocycles. The number of amides is 2. The second-order valence-corrected chi connectivity index (χ2v) is 7.45. The lowest BCUT2D eigenvalue weighted by Gasteiger charge is -2.42. The maximum absolute atomic E-state index is 13.5. The predicted octanol–water partition coefficient (Wildman–Crippen LogP) is 2.59. The lowest BCUT2D eigenvalue weighted by atomic mass is 9.85. The molecule has 2 aromatic rings. The van der Waals surface area contributed by atoms with Gasteiger partial charge in [0.1, 0.15) is 5.54 Å². The van der Waals surface area contributed by atoms with Crippen LogP contribution in [0, 0.1) is 0 Å². The molecule has 7 nitrogen and oxygen atoms in total. The molecule has 0 radical (unpaired) electrons. The molecule has 0 unspecified atom stereocenters. The van der Waals surface area contributed by atoms with Crippen LogP contribution in [0.25, 0.3) is 0 Å². The molecule has 2 aliphatic rings. The summed E-state index contributed by atoms with van der Waals surface area (Å²) in [6.07, 6.45) is 0.0455. The minimum atomic E-state index is -0.928. The van der Waals surface area contributed by atoms with Crippen LogP contribution in [0.15, 0.2) is 54.6 Å². The highest BCUT2D eigenvalue weighted by Crippen LogP contribution is 2.40. The lowest BCUT2D eigenvalue weighted by molar-refractivity contribution is -0.134. The van der Waals surface area contributed by atoms with Gasteiger partial charge < -0.3 is 25.5 Å². The number of carbonyl (C=O) groups excluding carboxylic acids is 1. The average Bonchev–Trinajstić information content (AvgIpc) is 2.95. The van der Waals surface area contributed by atoms with E-state index >= 15 is 0 Å². The molecule has 3 N–H and O–H groups in total. The first kappa shape index (κ1) is 18.2. The van der Waals surface area contributed by atoms with Gasteiger partial charge in [0.15, 0.2) is 0 Å². The van der Waals surface area contributed by atoms with E-state index in [1.165, 1.54) is 4.90 Å². The van der Waals surface area contributed by atoms with Crippen LogP contribution in [0.2, 0.25) is 0 Å². The van der Waals surface area contributed by atoms with Crippen molar-refractivity contribution in [3.63, 3.8) is 0 Å². The van der Waals surface area contributed by atoms with Gasteiger partial charge in [0, 0.05) is 31.0 Å². The third-order valence-electron chi connectivity index (χ3n) is 5.77. The van der Waals surface area contributed by atoms with Crippen LogP contribution < -0.4 is 10.6 Å². The second kappa shape index (κ2) is 7.07. The van der Waals surface area contributed by atoms with E-state index in [1.807, 2.05) is 59.5 Å². The first-order valence-electron chi connectivity index (χ1n) is 9.44. The Kier molecular flexibility index (Phi) is 4.58. The van der Waals surface area contributed by atoms with Crippen LogP contribution in [0.1, 0.15) is 18.4 Å². The summed E-state index contributed by atoms with van der Waals surface area (Å²) in [5.41, 5.74) is 7.83. The van der Waals surface area contributed by atoms with Crippen molar-refractivity contribution in [3.05, 3.63) is 60.2 Å². The van der Waals surface area contributed by atoms with Crippen LogP contribution >= 0.6 is 0 Å². The Labute approximate surface area is 163 Å². The topological polar surface area (TPSA) is 90.1 Å². The molecule has 2 saturated heterocycles. The number of carboxylic acid groups (broad SMARTS) is 1. The summed E-state index contributed by atoms with van der Waals surface area (Å²) in [5, 5.41) is 9.30. The summed E-state index contributed by atoms with van der Waals surface area (Å²) in [4.78, 5) is 30.2. The van der Waals surface area contributed by atoms with Crippen molar-refractivity contribution >= 4 is 23.4 Å². The van der Waals surface area contributed by atoms with Gasteiger partial charge in [-0.2, -0.15) is 0 Å². The number of hydrogen-bond donors (Lipinski definition) is 2. The molecule has 7 heteroatoms. The van der Waals surface area contributed by atoms with Gasteiger partial charge in [0.25, 0.3) is 0 Å². The maximum atomic E-state index is 13.5. The first-order chi connectivity index (χ1) is 13.5. The first-order valence-corrected chi connectivity index (χ1v) is 9.44. The van der Waals surface area contributed by atoms with Crippen molar-refractivity contribution in [1.82, 2.24) is 9.80 Å². The summed E-state index contributed by atoms with van der Waals surface area (Å²) in [6.45, 7) is 1.68. The molecule has 2 aliphatic heterocycles. The van der Waals surface area contributed by atoms with Crippen molar-refractivity contribution in [2.75, 3.05) is 30.4 Å². The van der Waals surface area contributed by atoms with Crippen LogP contribution in [0.4, 0.5) is 16.2 Å². The number of para-hydroxylation sites is 1. The molecule has 0 aromatic heterocycles. The number of benzene rings is 2. The molecule has 2 fully saturated rings. The van der Waals surface area contributed by atoms with Crippen molar-refractivity contribution < 1.29 is 14.7 Å². The van der Waals surface area contributed by atoms with E-state index in [9.17, 15) is 14.7 Å². The minimum absolute atomic E-state index is 0.0591. The van der Waals surface area contributed by atoms with Crippen molar-refractivity contribution in [2.24, 2.45) is 0 Å². The summed E-state index contributed by atoms with van der Waals surface area (Å²) in [7, 11) is 0. The Hall–Kier alpha value is -3.22. The van der Waals surface area contributed by atoms with Gasteiger partial charge in [-0.25, -0.2) is 4.79 Å². The lowest BCUT2D eigenvalue weighted by Crippen LogP contribution is -2.57. The number of piperidine rings is 1. The molecule has 146 valence electrons. The summed E-state index contributed by atoms with van der Waals surface area (Å²) >= 11 is 0. The van der Waals surface area contributed by atoms with E-state index in [2.05, 4.69) is 4.90 Å². The van der Waals surface area contributed by atoms with Gasteiger partial charge in [-0.05, 0) is 42.7 Å². The number of nitrogens with zero attached hydrogens (tertiary/aromatic N) is 3. The normalized spacial score (nSPS) is 18.7. The van der Waals surface area contributed by atoms with Gasteiger partial charge in [0.05, 0.1) is 6.67 Å². The monoisotopic (exact) mass is 380 g/mol. The van der Waals surface area contributed by atoms with Crippen LogP contribution in [-0.4, -0.2) is 52.2 Å². The van der Waals surface area contributed by atoms with E-state index in [4.69, 9.17) is 5.73 Å². The summed E-state index contributed by atoms with van der Waals surface area (Å²) in [5.74, 6) is 0.0591. The van der Waals surface area contributed by atoms with E-state index in [1.54, 1.807) is 0 Å². The zero-order valence-electron chi connectivity index (χ0n) is 15.6. The molecule has 2 aromatic carbocycles. The Morgan fingerprint density at radius 3 is 2.43 bits per heavy atom. The average molecular weight is 380 g/mol. The summed E-state index contributed by atoms with van der Waals surface area (Å²) < 4.78 is 0. The molecule has 4 rings (SSSR count). The van der Waals surface area contributed by atoms with Crippen molar-refractivity contribution in [1.29, 1.82) is 0 Å². The molecule has 2 heterocycles. The van der Waals surface area contributed by atoms with Crippen LogP contribution in [0.5, 0.6) is 0 Å². The summed E-state index contributed by atoms with van der Waals surface area (Å²) in [6, 6.07) is 17.4. The fraction of sp³-hybridized carbons (Fsp3) is 0.333. The molecule has 28 heavy (non-hydrogen) atoms. The molecule has 1 spiro atoms. The van der Waals surface area contributed by atoms with E-state index in [-0.39, 0.29) is 5.91 Å². The Bertz CT molecular complexity index is 878. The van der Waals surface area contributed by atoms with E-state index in [0.29, 0.717) is 44.8 Å². The van der Waals surface area contributed by atoms with E-state index in [0.717, 1.165) is 11.3 Å². The SMILES string of the molecule is Nc1cccc(CN2CN(c3ccccc3)C3(CCN(C(=O)O)CC3)C2=O)c1. The molecule has 2 amide bonds. The Morgan fingerprint density at radius 1 is 1.07 bits per heavy atom. The number of nitrogen functional groups attached to an aromatic ring is 1. The third-order valence-corrected chi connectivity index (χ3v) is 5.77. The van der Waals surface area contributed by atoms with Crippen molar-refractivity contribution in [2.45, 2.75) is 24.9 Å². The second-order valence-electron chi connectivity index (χ2n) is 7.45. The number of anilines is 2. The molecule has 0 bridgehead atoms. The number of rotatable bonds is 3. The fourth-order valence-electron chi connectivity index (χ4n) is 4.30. The number of hydrogen-bond acceptors (Lipinski definition) is 4. The highest BCUT2D eigenvalue weighted by molar-refractivity contribution is 5.93. The number of likely N-dealkylation sites (tertiary alicyclic amines) is 1. The Morgan fingerprint density at radius 2 is 1.79 bits per heavy atom. The number of carbonyl (C=O) groups is 2. The fourth-order valence-corrected chi connectivity index (χ4v) is 4.30. The van der Waals surface area contributed by atoms with Gasteiger partial charge in [-0.1, -0.05) is 30.3 Å². The minimum Gasteiger partial charge on any atom is -0.465 e. The third kappa shape index (κ3) is 3.13. The number of nitrogens with two attached hydrogens (primary N) is 1. The maximum Gasteiger partial charge on any atom is 0.407 e. The predicted molar refractivity (Wildman–Crippen MR) is 107 cm³/mol. The van der Waals surface area contributed by atoms with Gasteiger partial charge >= 0.3 is 6.09 Å². The molecule has 0 aliphatic carbocycles. The largest absolute Gasteiger partial charge is 0.465 e. The highest BCUT2D eigenvalue weighted by atomic mass is 16.4. The van der Waals surface area contributed by atoms with Crippen LogP contribution in [-0.2, 0) is 11.3 Å². The van der Waals surface area contributed by atoms with Crippen LogP contribution in [0.3, 0.4) is 0 Å². The highest BCUT2D eigenvalue weighted by Gasteiger charge is 2.54. The smallest absolute Gasteiger partial charge is 0.407 e. The Balaban J connectivity index is 1.64. The molecular weight excluding hydrogens is 356 g/mol.